The highest BCUT2D eigenvalue weighted by Crippen LogP contribution is 2.27. The van der Waals surface area contributed by atoms with Gasteiger partial charge in [0, 0.05) is 51.4 Å². The standard InChI is InChI=1S/C23H23FN4O2/c24-19-2-4-20(5-3-19)30-22-7-9-25-23(26-22)28-12-10-27(11-13-28)16-17-1-6-21-18(15-17)8-14-29-21/h1-7,9,15H,8,10-14,16H2. The second kappa shape index (κ2) is 8.28. The van der Waals surface area contributed by atoms with Crippen molar-refractivity contribution in [3.8, 4) is 17.4 Å². The summed E-state index contributed by atoms with van der Waals surface area (Å²) < 4.78 is 24.4. The fourth-order valence-electron chi connectivity index (χ4n) is 3.87. The lowest BCUT2D eigenvalue weighted by Crippen LogP contribution is -2.46. The quantitative estimate of drug-likeness (QED) is 0.645. The molecule has 3 aromatic rings. The highest BCUT2D eigenvalue weighted by atomic mass is 19.1. The number of anilines is 1. The summed E-state index contributed by atoms with van der Waals surface area (Å²) in [6.45, 7) is 5.33. The first kappa shape index (κ1) is 18.8. The summed E-state index contributed by atoms with van der Waals surface area (Å²) in [7, 11) is 0. The lowest BCUT2D eigenvalue weighted by molar-refractivity contribution is 0.248. The minimum atomic E-state index is -0.295. The van der Waals surface area contributed by atoms with Gasteiger partial charge in [-0.05, 0) is 41.5 Å². The van der Waals surface area contributed by atoms with E-state index in [0.29, 0.717) is 17.6 Å². The summed E-state index contributed by atoms with van der Waals surface area (Å²) in [5, 5.41) is 0. The van der Waals surface area contributed by atoms with Gasteiger partial charge in [-0.25, -0.2) is 9.37 Å². The first-order chi connectivity index (χ1) is 14.7. The second-order valence-electron chi connectivity index (χ2n) is 7.55. The molecule has 0 bridgehead atoms. The maximum absolute atomic E-state index is 13.1. The first-order valence-electron chi connectivity index (χ1n) is 10.2. The maximum Gasteiger partial charge on any atom is 0.228 e. The summed E-state index contributed by atoms with van der Waals surface area (Å²) >= 11 is 0. The highest BCUT2D eigenvalue weighted by Gasteiger charge is 2.20. The molecule has 5 rings (SSSR count). The molecule has 154 valence electrons. The van der Waals surface area contributed by atoms with Gasteiger partial charge < -0.3 is 14.4 Å². The minimum Gasteiger partial charge on any atom is -0.493 e. The summed E-state index contributed by atoms with van der Waals surface area (Å²) in [6.07, 6.45) is 2.70. The molecule has 2 aromatic carbocycles. The number of hydrogen-bond donors (Lipinski definition) is 0. The average molecular weight is 406 g/mol. The topological polar surface area (TPSA) is 50.7 Å². The summed E-state index contributed by atoms with van der Waals surface area (Å²) in [6, 6.07) is 14.1. The van der Waals surface area contributed by atoms with Crippen LogP contribution in [0.1, 0.15) is 11.1 Å². The molecule has 3 heterocycles. The van der Waals surface area contributed by atoms with Gasteiger partial charge in [-0.15, -0.1) is 0 Å². The van der Waals surface area contributed by atoms with Gasteiger partial charge in [0.05, 0.1) is 6.61 Å². The van der Waals surface area contributed by atoms with Crippen LogP contribution in [-0.4, -0.2) is 47.7 Å². The third-order valence-corrected chi connectivity index (χ3v) is 5.47. The molecular weight excluding hydrogens is 383 g/mol. The normalized spacial score (nSPS) is 16.2. The molecule has 1 saturated heterocycles. The molecule has 0 radical (unpaired) electrons. The maximum atomic E-state index is 13.1. The molecule has 0 aliphatic carbocycles. The van der Waals surface area contributed by atoms with Crippen LogP contribution in [0.2, 0.25) is 0 Å². The predicted octanol–water partition coefficient (Wildman–Crippen LogP) is 3.67. The third kappa shape index (κ3) is 4.21. The number of rotatable bonds is 5. The molecule has 0 spiro atoms. The Kier molecular flexibility index (Phi) is 5.19. The van der Waals surface area contributed by atoms with Crippen LogP contribution in [0.15, 0.2) is 54.7 Å². The molecule has 0 unspecified atom stereocenters. The van der Waals surface area contributed by atoms with Gasteiger partial charge in [-0.2, -0.15) is 4.98 Å². The van der Waals surface area contributed by atoms with Crippen molar-refractivity contribution in [3.63, 3.8) is 0 Å². The van der Waals surface area contributed by atoms with Crippen LogP contribution in [0.25, 0.3) is 0 Å². The third-order valence-electron chi connectivity index (χ3n) is 5.47. The van der Waals surface area contributed by atoms with E-state index >= 15 is 0 Å². The van der Waals surface area contributed by atoms with E-state index in [4.69, 9.17) is 9.47 Å². The zero-order valence-electron chi connectivity index (χ0n) is 16.6. The number of hydrogen-bond acceptors (Lipinski definition) is 6. The molecular formula is C23H23FN4O2. The number of halogens is 1. The molecule has 1 aromatic heterocycles. The van der Waals surface area contributed by atoms with E-state index in [0.717, 1.165) is 51.5 Å². The molecule has 0 N–H and O–H groups in total. The number of fused-ring (bicyclic) bond motifs is 1. The van der Waals surface area contributed by atoms with Crippen molar-refractivity contribution in [2.75, 3.05) is 37.7 Å². The van der Waals surface area contributed by atoms with E-state index in [1.807, 2.05) is 0 Å². The smallest absolute Gasteiger partial charge is 0.228 e. The van der Waals surface area contributed by atoms with Crippen LogP contribution in [0.5, 0.6) is 17.4 Å². The fraction of sp³-hybridized carbons (Fsp3) is 0.304. The monoisotopic (exact) mass is 406 g/mol. The molecule has 2 aliphatic heterocycles. The van der Waals surface area contributed by atoms with Crippen molar-refractivity contribution >= 4 is 5.95 Å². The van der Waals surface area contributed by atoms with Gasteiger partial charge in [0.15, 0.2) is 0 Å². The number of nitrogens with zero attached hydrogens (tertiary/aromatic N) is 4. The minimum absolute atomic E-state index is 0.295. The number of aromatic nitrogens is 2. The summed E-state index contributed by atoms with van der Waals surface area (Å²) in [4.78, 5) is 13.6. The lowest BCUT2D eigenvalue weighted by atomic mass is 10.1. The Balaban J connectivity index is 1.19. The molecule has 1 fully saturated rings. The van der Waals surface area contributed by atoms with Gasteiger partial charge in [-0.3, -0.25) is 4.90 Å². The van der Waals surface area contributed by atoms with Crippen LogP contribution >= 0.6 is 0 Å². The van der Waals surface area contributed by atoms with Gasteiger partial charge in [0.25, 0.3) is 0 Å². The van der Waals surface area contributed by atoms with Crippen molar-refractivity contribution < 1.29 is 13.9 Å². The molecule has 30 heavy (non-hydrogen) atoms. The molecule has 0 saturated carbocycles. The largest absolute Gasteiger partial charge is 0.493 e. The Morgan fingerprint density at radius 3 is 2.67 bits per heavy atom. The van der Waals surface area contributed by atoms with Crippen LogP contribution in [0.4, 0.5) is 10.3 Å². The lowest BCUT2D eigenvalue weighted by Gasteiger charge is -2.34. The van der Waals surface area contributed by atoms with E-state index in [9.17, 15) is 4.39 Å². The van der Waals surface area contributed by atoms with Crippen LogP contribution < -0.4 is 14.4 Å². The van der Waals surface area contributed by atoms with E-state index in [1.54, 1.807) is 24.4 Å². The van der Waals surface area contributed by atoms with Gasteiger partial charge in [-0.1, -0.05) is 12.1 Å². The molecule has 7 heteroatoms. The average Bonchev–Trinajstić information content (AvgIpc) is 3.24. The molecule has 2 aliphatic rings. The van der Waals surface area contributed by atoms with Gasteiger partial charge >= 0.3 is 0 Å². The van der Waals surface area contributed by atoms with Crippen LogP contribution in [0.3, 0.4) is 0 Å². The van der Waals surface area contributed by atoms with E-state index in [1.165, 1.54) is 23.3 Å². The van der Waals surface area contributed by atoms with Crippen molar-refractivity contribution in [3.05, 3.63) is 71.7 Å². The van der Waals surface area contributed by atoms with Crippen molar-refractivity contribution in [1.82, 2.24) is 14.9 Å². The predicted molar refractivity (Wildman–Crippen MR) is 112 cm³/mol. The fourth-order valence-corrected chi connectivity index (χ4v) is 3.87. The summed E-state index contributed by atoms with van der Waals surface area (Å²) in [5.74, 6) is 2.39. The second-order valence-corrected chi connectivity index (χ2v) is 7.55. The van der Waals surface area contributed by atoms with Crippen molar-refractivity contribution in [1.29, 1.82) is 0 Å². The Hall–Kier alpha value is -3.19. The first-order valence-corrected chi connectivity index (χ1v) is 10.2. The number of ether oxygens (including phenoxy) is 2. The summed E-state index contributed by atoms with van der Waals surface area (Å²) in [5.41, 5.74) is 2.65. The Morgan fingerprint density at radius 1 is 1.00 bits per heavy atom. The van der Waals surface area contributed by atoms with E-state index in [2.05, 4.69) is 38.0 Å². The zero-order valence-corrected chi connectivity index (χ0v) is 16.6. The van der Waals surface area contributed by atoms with Gasteiger partial charge in [0.1, 0.15) is 17.3 Å². The number of benzene rings is 2. The number of piperazine rings is 1. The molecule has 0 amide bonds. The van der Waals surface area contributed by atoms with Gasteiger partial charge in [0.2, 0.25) is 11.8 Å². The van der Waals surface area contributed by atoms with Crippen LogP contribution in [0, 0.1) is 5.82 Å². The Morgan fingerprint density at radius 2 is 1.83 bits per heavy atom. The van der Waals surface area contributed by atoms with E-state index in [-0.39, 0.29) is 5.82 Å². The Bertz CT molecular complexity index is 1020. The van der Waals surface area contributed by atoms with Crippen molar-refractivity contribution in [2.24, 2.45) is 0 Å². The van der Waals surface area contributed by atoms with Crippen LogP contribution in [-0.2, 0) is 13.0 Å². The van der Waals surface area contributed by atoms with E-state index < -0.39 is 0 Å². The SMILES string of the molecule is Fc1ccc(Oc2ccnc(N3CCN(Cc4ccc5c(c4)CCO5)CC3)n2)cc1. The van der Waals surface area contributed by atoms with Crippen molar-refractivity contribution in [2.45, 2.75) is 13.0 Å². The Labute approximate surface area is 174 Å². The zero-order chi connectivity index (χ0) is 20.3. The highest BCUT2D eigenvalue weighted by molar-refractivity contribution is 5.40. The molecule has 0 atom stereocenters. The molecule has 6 nitrogen and oxygen atoms in total.